The standard InChI is InChI=1S/C13H21NO2/c1-10-9-11(5-6-12(10)15)14-8-7-13(2,3)16-4/h5-6,9,14-15H,7-8H2,1-4H3. The number of phenolic OH excluding ortho intramolecular Hbond substituents is 1. The Labute approximate surface area is 97.4 Å². The fourth-order valence-electron chi connectivity index (χ4n) is 1.38. The molecule has 0 atom stereocenters. The van der Waals surface area contributed by atoms with Crippen LogP contribution in [0.15, 0.2) is 18.2 Å². The molecule has 0 unspecified atom stereocenters. The lowest BCUT2D eigenvalue weighted by molar-refractivity contribution is 0.0185. The lowest BCUT2D eigenvalue weighted by atomic mass is 10.1. The molecule has 1 aromatic carbocycles. The van der Waals surface area contributed by atoms with Gasteiger partial charge < -0.3 is 15.2 Å². The van der Waals surface area contributed by atoms with E-state index in [1.54, 1.807) is 13.2 Å². The first kappa shape index (κ1) is 12.8. The minimum absolute atomic E-state index is 0.0983. The van der Waals surface area contributed by atoms with Gasteiger partial charge in [-0.2, -0.15) is 0 Å². The van der Waals surface area contributed by atoms with Crippen LogP contribution in [-0.4, -0.2) is 24.4 Å². The molecule has 0 saturated carbocycles. The Morgan fingerprint density at radius 3 is 2.62 bits per heavy atom. The quantitative estimate of drug-likeness (QED) is 0.754. The van der Waals surface area contributed by atoms with Crippen molar-refractivity contribution < 1.29 is 9.84 Å². The smallest absolute Gasteiger partial charge is 0.118 e. The molecular weight excluding hydrogens is 202 g/mol. The van der Waals surface area contributed by atoms with Crippen molar-refractivity contribution in [3.05, 3.63) is 23.8 Å². The van der Waals surface area contributed by atoms with Gasteiger partial charge in [-0.25, -0.2) is 0 Å². The Morgan fingerprint density at radius 1 is 1.38 bits per heavy atom. The number of methoxy groups -OCH3 is 1. The second-order valence-corrected chi connectivity index (χ2v) is 4.64. The van der Waals surface area contributed by atoms with Crippen LogP contribution in [0.3, 0.4) is 0 Å². The van der Waals surface area contributed by atoms with Crippen molar-refractivity contribution in [1.82, 2.24) is 0 Å². The van der Waals surface area contributed by atoms with Crippen LogP contribution < -0.4 is 5.32 Å². The molecule has 0 fully saturated rings. The van der Waals surface area contributed by atoms with Crippen LogP contribution in [0, 0.1) is 6.92 Å². The van der Waals surface area contributed by atoms with Crippen molar-refractivity contribution in [1.29, 1.82) is 0 Å². The van der Waals surface area contributed by atoms with Gasteiger partial charge in [0, 0.05) is 19.3 Å². The number of rotatable bonds is 5. The van der Waals surface area contributed by atoms with Crippen LogP contribution in [0.1, 0.15) is 25.8 Å². The third-order valence-electron chi connectivity index (χ3n) is 2.81. The number of nitrogens with one attached hydrogen (secondary N) is 1. The second-order valence-electron chi connectivity index (χ2n) is 4.64. The van der Waals surface area contributed by atoms with Crippen LogP contribution in [-0.2, 0) is 4.74 Å². The summed E-state index contributed by atoms with van der Waals surface area (Å²) in [6.07, 6.45) is 0.934. The van der Waals surface area contributed by atoms with E-state index in [1.165, 1.54) is 0 Å². The summed E-state index contributed by atoms with van der Waals surface area (Å²) in [6, 6.07) is 5.52. The van der Waals surface area contributed by atoms with E-state index in [0.717, 1.165) is 24.2 Å². The van der Waals surface area contributed by atoms with Crippen molar-refractivity contribution in [2.24, 2.45) is 0 Å². The van der Waals surface area contributed by atoms with Crippen LogP contribution in [0.5, 0.6) is 5.75 Å². The normalized spacial score (nSPS) is 11.5. The van der Waals surface area contributed by atoms with E-state index in [4.69, 9.17) is 4.74 Å². The molecule has 3 nitrogen and oxygen atoms in total. The van der Waals surface area contributed by atoms with Crippen molar-refractivity contribution in [3.63, 3.8) is 0 Å². The first-order valence-corrected chi connectivity index (χ1v) is 5.53. The number of benzene rings is 1. The highest BCUT2D eigenvalue weighted by Gasteiger charge is 2.15. The van der Waals surface area contributed by atoms with E-state index in [1.807, 2.05) is 19.1 Å². The molecule has 1 aromatic rings. The first-order valence-electron chi connectivity index (χ1n) is 5.53. The monoisotopic (exact) mass is 223 g/mol. The summed E-state index contributed by atoms with van der Waals surface area (Å²) in [7, 11) is 1.73. The van der Waals surface area contributed by atoms with Gasteiger partial charge in [0.15, 0.2) is 0 Å². The minimum atomic E-state index is -0.0983. The number of hydrogen-bond acceptors (Lipinski definition) is 3. The molecule has 0 radical (unpaired) electrons. The molecule has 1 rings (SSSR count). The van der Waals surface area contributed by atoms with Gasteiger partial charge in [-0.1, -0.05) is 0 Å². The number of aryl methyl sites for hydroxylation is 1. The summed E-state index contributed by atoms with van der Waals surface area (Å²) < 4.78 is 5.34. The zero-order valence-corrected chi connectivity index (χ0v) is 10.5. The lowest BCUT2D eigenvalue weighted by Crippen LogP contribution is -2.25. The van der Waals surface area contributed by atoms with Gasteiger partial charge in [-0.05, 0) is 51.0 Å². The Kier molecular flexibility index (Phi) is 4.19. The molecule has 90 valence electrons. The summed E-state index contributed by atoms with van der Waals surface area (Å²) in [5.74, 6) is 0.336. The SMILES string of the molecule is COC(C)(C)CCNc1ccc(O)c(C)c1. The number of phenols is 1. The largest absolute Gasteiger partial charge is 0.508 e. The second kappa shape index (κ2) is 5.21. The molecule has 0 saturated heterocycles. The van der Waals surface area contributed by atoms with E-state index >= 15 is 0 Å². The molecule has 0 aliphatic heterocycles. The predicted molar refractivity (Wildman–Crippen MR) is 67.0 cm³/mol. The molecule has 0 aliphatic carbocycles. The van der Waals surface area contributed by atoms with Crippen molar-refractivity contribution >= 4 is 5.69 Å². The molecule has 0 aliphatic rings. The maximum atomic E-state index is 9.39. The maximum absolute atomic E-state index is 9.39. The summed E-state index contributed by atoms with van der Waals surface area (Å²) in [4.78, 5) is 0. The Hall–Kier alpha value is -1.22. The summed E-state index contributed by atoms with van der Waals surface area (Å²) in [5, 5.41) is 12.7. The Morgan fingerprint density at radius 2 is 2.06 bits per heavy atom. The summed E-state index contributed by atoms with van der Waals surface area (Å²) in [6.45, 7) is 6.87. The predicted octanol–water partition coefficient (Wildman–Crippen LogP) is 2.93. The van der Waals surface area contributed by atoms with Crippen molar-refractivity contribution in [2.75, 3.05) is 19.0 Å². The fraction of sp³-hybridized carbons (Fsp3) is 0.538. The summed E-state index contributed by atoms with van der Waals surface area (Å²) in [5.41, 5.74) is 1.82. The molecule has 0 spiro atoms. The van der Waals surface area contributed by atoms with Gasteiger partial charge in [0.1, 0.15) is 5.75 Å². The van der Waals surface area contributed by atoms with Crippen LogP contribution in [0.25, 0.3) is 0 Å². The van der Waals surface area contributed by atoms with Gasteiger partial charge in [0.2, 0.25) is 0 Å². The van der Waals surface area contributed by atoms with E-state index in [9.17, 15) is 5.11 Å². The lowest BCUT2D eigenvalue weighted by Gasteiger charge is -2.23. The third kappa shape index (κ3) is 3.74. The van der Waals surface area contributed by atoms with E-state index < -0.39 is 0 Å². The topological polar surface area (TPSA) is 41.5 Å². The van der Waals surface area contributed by atoms with Crippen LogP contribution in [0.4, 0.5) is 5.69 Å². The van der Waals surface area contributed by atoms with Gasteiger partial charge in [0.05, 0.1) is 5.60 Å². The maximum Gasteiger partial charge on any atom is 0.118 e. The first-order chi connectivity index (χ1) is 7.44. The Bertz CT molecular complexity index is 348. The van der Waals surface area contributed by atoms with E-state index in [-0.39, 0.29) is 5.60 Å². The highest BCUT2D eigenvalue weighted by molar-refractivity contribution is 5.50. The van der Waals surface area contributed by atoms with E-state index in [0.29, 0.717) is 5.75 Å². The molecular formula is C13H21NO2. The summed E-state index contributed by atoms with van der Waals surface area (Å²) >= 11 is 0. The molecule has 0 amide bonds. The number of hydrogen-bond donors (Lipinski definition) is 2. The van der Waals surface area contributed by atoms with Crippen molar-refractivity contribution in [2.45, 2.75) is 32.8 Å². The molecule has 2 N–H and O–H groups in total. The van der Waals surface area contributed by atoms with Gasteiger partial charge in [-0.15, -0.1) is 0 Å². The Balaban J connectivity index is 2.46. The molecule has 0 heterocycles. The highest BCUT2D eigenvalue weighted by Crippen LogP contribution is 2.20. The third-order valence-corrected chi connectivity index (χ3v) is 2.81. The molecule has 3 heteroatoms. The zero-order chi connectivity index (χ0) is 12.2. The van der Waals surface area contributed by atoms with Gasteiger partial charge in [-0.3, -0.25) is 0 Å². The van der Waals surface area contributed by atoms with E-state index in [2.05, 4.69) is 19.2 Å². The molecule has 16 heavy (non-hydrogen) atoms. The van der Waals surface area contributed by atoms with Gasteiger partial charge >= 0.3 is 0 Å². The van der Waals surface area contributed by atoms with Crippen molar-refractivity contribution in [3.8, 4) is 5.75 Å². The number of aromatic hydroxyl groups is 1. The fourth-order valence-corrected chi connectivity index (χ4v) is 1.38. The average Bonchev–Trinajstić information content (AvgIpc) is 2.23. The van der Waals surface area contributed by atoms with Crippen LogP contribution in [0.2, 0.25) is 0 Å². The minimum Gasteiger partial charge on any atom is -0.508 e. The van der Waals surface area contributed by atoms with Crippen LogP contribution >= 0.6 is 0 Å². The number of ether oxygens (including phenoxy) is 1. The molecule has 0 bridgehead atoms. The highest BCUT2D eigenvalue weighted by atomic mass is 16.5. The average molecular weight is 223 g/mol. The number of anilines is 1. The van der Waals surface area contributed by atoms with Gasteiger partial charge in [0.25, 0.3) is 0 Å². The molecule has 0 aromatic heterocycles. The zero-order valence-electron chi connectivity index (χ0n) is 10.5.